The summed E-state index contributed by atoms with van der Waals surface area (Å²) < 4.78 is 21.1. The molecule has 106 valence electrons. The fourth-order valence-electron chi connectivity index (χ4n) is 0.866. The number of rotatable bonds is 7. The molecule has 6 N–H and O–H groups in total. The highest BCUT2D eigenvalue weighted by Crippen LogP contribution is 2.00. The van der Waals surface area contributed by atoms with Crippen LogP contribution in [-0.4, -0.2) is 55.1 Å². The lowest BCUT2D eigenvalue weighted by molar-refractivity contribution is -0.155. The standard InChI is InChI=1S/C8H17N3O6S/c1-8(15,6(12)13)5-11-7(14)10-3-2-4-18(9,16)17/h15H,2-5H2,1H3,(H,12,13)(H2,9,16,17)(H2,10,11,14). The number of hydrogen-bond donors (Lipinski definition) is 5. The summed E-state index contributed by atoms with van der Waals surface area (Å²) in [6, 6.07) is -0.703. The number of aliphatic carboxylic acids is 1. The maximum absolute atomic E-state index is 11.1. The van der Waals surface area contributed by atoms with E-state index in [9.17, 15) is 23.1 Å². The minimum absolute atomic E-state index is 0.0669. The topological polar surface area (TPSA) is 159 Å². The molecule has 0 saturated heterocycles. The molecule has 2 amide bonds. The fraction of sp³-hybridized carbons (Fsp3) is 0.750. The van der Waals surface area contributed by atoms with Crippen molar-refractivity contribution >= 4 is 22.0 Å². The zero-order valence-corrected chi connectivity index (χ0v) is 10.7. The number of sulfonamides is 1. The van der Waals surface area contributed by atoms with E-state index >= 15 is 0 Å². The number of carbonyl (C=O) groups excluding carboxylic acids is 1. The Hall–Kier alpha value is -1.39. The van der Waals surface area contributed by atoms with Crippen LogP contribution in [0.25, 0.3) is 0 Å². The van der Waals surface area contributed by atoms with Gasteiger partial charge in [0.05, 0.1) is 12.3 Å². The van der Waals surface area contributed by atoms with Crippen LogP contribution in [0, 0.1) is 0 Å². The molecule has 9 nitrogen and oxygen atoms in total. The summed E-state index contributed by atoms with van der Waals surface area (Å²) in [5.41, 5.74) is -2.06. The number of nitrogens with one attached hydrogen (secondary N) is 2. The van der Waals surface area contributed by atoms with Gasteiger partial charge < -0.3 is 20.8 Å². The molecule has 0 aromatic carbocycles. The molecule has 0 aromatic rings. The van der Waals surface area contributed by atoms with E-state index in [0.29, 0.717) is 0 Å². The second-order valence-electron chi connectivity index (χ2n) is 3.91. The maximum atomic E-state index is 11.1. The number of aliphatic hydroxyl groups is 1. The largest absolute Gasteiger partial charge is 0.479 e. The average Bonchev–Trinajstić information content (AvgIpc) is 2.20. The lowest BCUT2D eigenvalue weighted by Crippen LogP contribution is -2.49. The Bertz CT molecular complexity index is 405. The van der Waals surface area contributed by atoms with E-state index in [-0.39, 0.29) is 18.7 Å². The van der Waals surface area contributed by atoms with Gasteiger partial charge >= 0.3 is 12.0 Å². The Morgan fingerprint density at radius 3 is 2.33 bits per heavy atom. The van der Waals surface area contributed by atoms with E-state index in [4.69, 9.17) is 10.2 Å². The summed E-state index contributed by atoms with van der Waals surface area (Å²) in [7, 11) is -3.56. The zero-order chi connectivity index (χ0) is 14.4. The zero-order valence-electron chi connectivity index (χ0n) is 9.84. The highest BCUT2D eigenvalue weighted by Gasteiger charge is 2.30. The predicted octanol–water partition coefficient (Wildman–Crippen LogP) is -2.20. The van der Waals surface area contributed by atoms with E-state index in [0.717, 1.165) is 6.92 Å². The molecule has 0 aliphatic rings. The molecule has 10 heteroatoms. The molecule has 0 saturated carbocycles. The number of carbonyl (C=O) groups is 2. The first kappa shape index (κ1) is 16.6. The Balaban J connectivity index is 3.83. The lowest BCUT2D eigenvalue weighted by atomic mass is 10.1. The Labute approximate surface area is 104 Å². The summed E-state index contributed by atoms with van der Waals surface area (Å²) in [5.74, 6) is -1.72. The number of carboxylic acids is 1. The van der Waals surface area contributed by atoms with Crippen LogP contribution >= 0.6 is 0 Å². The number of primary sulfonamides is 1. The number of hydrogen-bond acceptors (Lipinski definition) is 5. The van der Waals surface area contributed by atoms with Crippen LogP contribution in [0.15, 0.2) is 0 Å². The van der Waals surface area contributed by atoms with E-state index in [1.165, 1.54) is 0 Å². The van der Waals surface area contributed by atoms with Crippen molar-refractivity contribution in [2.45, 2.75) is 18.9 Å². The molecular formula is C8H17N3O6S. The van der Waals surface area contributed by atoms with Gasteiger partial charge in [-0.2, -0.15) is 0 Å². The van der Waals surface area contributed by atoms with Gasteiger partial charge in [-0.1, -0.05) is 0 Å². The molecule has 0 aliphatic carbocycles. The smallest absolute Gasteiger partial charge is 0.337 e. The first-order chi connectivity index (χ1) is 8.04. The van der Waals surface area contributed by atoms with Gasteiger partial charge in [0.2, 0.25) is 10.0 Å². The van der Waals surface area contributed by atoms with Gasteiger partial charge in [-0.25, -0.2) is 23.1 Å². The lowest BCUT2D eigenvalue weighted by Gasteiger charge is -2.18. The minimum Gasteiger partial charge on any atom is -0.479 e. The van der Waals surface area contributed by atoms with Crippen LogP contribution in [0.5, 0.6) is 0 Å². The molecule has 0 aromatic heterocycles. The monoisotopic (exact) mass is 283 g/mol. The van der Waals surface area contributed by atoms with Gasteiger partial charge in [-0.05, 0) is 13.3 Å². The minimum atomic E-state index is -3.56. The molecule has 0 bridgehead atoms. The van der Waals surface area contributed by atoms with Crippen molar-refractivity contribution in [1.82, 2.24) is 10.6 Å². The highest BCUT2D eigenvalue weighted by atomic mass is 32.2. The molecule has 0 spiro atoms. The fourth-order valence-corrected chi connectivity index (χ4v) is 1.41. The van der Waals surface area contributed by atoms with Crippen molar-refractivity contribution < 1.29 is 28.2 Å². The van der Waals surface area contributed by atoms with Gasteiger partial charge in [-0.15, -0.1) is 0 Å². The van der Waals surface area contributed by atoms with Crippen molar-refractivity contribution in [3.8, 4) is 0 Å². The van der Waals surface area contributed by atoms with Crippen LogP contribution in [0.4, 0.5) is 4.79 Å². The van der Waals surface area contributed by atoms with Gasteiger partial charge in [0.25, 0.3) is 0 Å². The molecule has 0 fully saturated rings. The van der Waals surface area contributed by atoms with Crippen molar-refractivity contribution in [2.24, 2.45) is 5.14 Å². The molecule has 0 aliphatic heterocycles. The molecule has 0 radical (unpaired) electrons. The summed E-state index contributed by atoms with van der Waals surface area (Å²) in [5, 5.41) is 27.0. The molecule has 0 rings (SSSR count). The normalized spacial score (nSPS) is 14.6. The number of carboxylic acid groups (broad SMARTS) is 1. The van der Waals surface area contributed by atoms with Crippen LogP contribution < -0.4 is 15.8 Å². The SMILES string of the molecule is CC(O)(CNC(=O)NCCCS(N)(=O)=O)C(=O)O. The molecular weight excluding hydrogens is 266 g/mol. The van der Waals surface area contributed by atoms with Gasteiger partial charge in [0.1, 0.15) is 0 Å². The second-order valence-corrected chi connectivity index (χ2v) is 5.64. The van der Waals surface area contributed by atoms with Gasteiger partial charge in [0.15, 0.2) is 5.60 Å². The van der Waals surface area contributed by atoms with E-state index in [2.05, 4.69) is 10.6 Å². The Morgan fingerprint density at radius 2 is 1.89 bits per heavy atom. The van der Waals surface area contributed by atoms with Gasteiger partial charge in [-0.3, -0.25) is 0 Å². The van der Waals surface area contributed by atoms with Crippen LogP contribution in [0.2, 0.25) is 0 Å². The van der Waals surface area contributed by atoms with E-state index < -0.39 is 34.2 Å². The average molecular weight is 283 g/mol. The van der Waals surface area contributed by atoms with E-state index in [1.807, 2.05) is 0 Å². The third-order valence-electron chi connectivity index (χ3n) is 1.95. The van der Waals surface area contributed by atoms with Crippen LogP contribution in [-0.2, 0) is 14.8 Å². The van der Waals surface area contributed by atoms with Crippen molar-refractivity contribution in [1.29, 1.82) is 0 Å². The number of urea groups is 1. The Kier molecular flexibility index (Phi) is 6.01. The van der Waals surface area contributed by atoms with Crippen molar-refractivity contribution in [3.05, 3.63) is 0 Å². The van der Waals surface area contributed by atoms with Crippen LogP contribution in [0.3, 0.4) is 0 Å². The summed E-state index contributed by atoms with van der Waals surface area (Å²) >= 11 is 0. The summed E-state index contributed by atoms with van der Waals surface area (Å²) in [6.45, 7) is 0.636. The van der Waals surface area contributed by atoms with Crippen molar-refractivity contribution in [2.75, 3.05) is 18.8 Å². The summed E-state index contributed by atoms with van der Waals surface area (Å²) in [6.07, 6.45) is 0.140. The molecule has 1 atom stereocenters. The summed E-state index contributed by atoms with van der Waals surface area (Å²) in [4.78, 5) is 21.6. The molecule has 0 heterocycles. The first-order valence-corrected chi connectivity index (χ1v) is 6.74. The number of amides is 2. The quantitative estimate of drug-likeness (QED) is 0.333. The second kappa shape index (κ2) is 6.52. The first-order valence-electron chi connectivity index (χ1n) is 5.02. The van der Waals surface area contributed by atoms with Gasteiger partial charge in [0, 0.05) is 6.54 Å². The third kappa shape index (κ3) is 7.81. The predicted molar refractivity (Wildman–Crippen MR) is 62.3 cm³/mol. The number of nitrogens with two attached hydrogens (primary N) is 1. The maximum Gasteiger partial charge on any atom is 0.337 e. The third-order valence-corrected chi connectivity index (χ3v) is 2.80. The van der Waals surface area contributed by atoms with Crippen LogP contribution in [0.1, 0.15) is 13.3 Å². The van der Waals surface area contributed by atoms with Crippen molar-refractivity contribution in [3.63, 3.8) is 0 Å². The highest BCUT2D eigenvalue weighted by molar-refractivity contribution is 7.89. The Morgan fingerprint density at radius 1 is 1.33 bits per heavy atom. The van der Waals surface area contributed by atoms with E-state index in [1.54, 1.807) is 0 Å². The molecule has 1 unspecified atom stereocenters. The molecule has 18 heavy (non-hydrogen) atoms.